The van der Waals surface area contributed by atoms with Gasteiger partial charge in [-0.1, -0.05) is 26.3 Å². The Labute approximate surface area is 164 Å². The highest BCUT2D eigenvalue weighted by Crippen LogP contribution is 2.70. The molecule has 0 bridgehead atoms. The second kappa shape index (κ2) is 5.82. The van der Waals surface area contributed by atoms with Gasteiger partial charge in [-0.2, -0.15) is 0 Å². The second-order valence-electron chi connectivity index (χ2n) is 10.0. The van der Waals surface area contributed by atoms with Crippen molar-refractivity contribution < 1.29 is 29.0 Å². The molecule has 6 heteroatoms. The zero-order chi connectivity index (χ0) is 20.7. The van der Waals surface area contributed by atoms with Gasteiger partial charge in [0, 0.05) is 17.3 Å². The number of carbonyl (C=O) groups is 3. The predicted molar refractivity (Wildman–Crippen MR) is 99.0 cm³/mol. The third-order valence-electron chi connectivity index (χ3n) is 9.04. The summed E-state index contributed by atoms with van der Waals surface area (Å²) >= 11 is 0. The normalized spacial score (nSPS) is 50.5. The summed E-state index contributed by atoms with van der Waals surface area (Å²) in [4.78, 5) is 36.6. The van der Waals surface area contributed by atoms with E-state index >= 15 is 4.39 Å². The zero-order valence-electron chi connectivity index (χ0n) is 16.8. The summed E-state index contributed by atoms with van der Waals surface area (Å²) in [5.41, 5.74) is -4.37. The van der Waals surface area contributed by atoms with Crippen molar-refractivity contribution in [2.24, 2.45) is 28.6 Å². The monoisotopic (exact) mass is 392 g/mol. The largest absolute Gasteiger partial charge is 0.388 e. The fourth-order valence-electron chi connectivity index (χ4n) is 7.36. The van der Waals surface area contributed by atoms with Crippen molar-refractivity contribution in [1.29, 1.82) is 0 Å². The lowest BCUT2D eigenvalue weighted by atomic mass is 9.43. The zero-order valence-corrected chi connectivity index (χ0v) is 16.8. The quantitative estimate of drug-likeness (QED) is 0.704. The Morgan fingerprint density at radius 1 is 1.21 bits per heavy atom. The van der Waals surface area contributed by atoms with Gasteiger partial charge in [0.2, 0.25) is 11.6 Å². The number of hydrogen-bond donors (Lipinski definition) is 2. The highest BCUT2D eigenvalue weighted by Gasteiger charge is 2.72. The van der Waals surface area contributed by atoms with Gasteiger partial charge in [-0.15, -0.1) is 0 Å². The molecule has 0 aromatic heterocycles. The summed E-state index contributed by atoms with van der Waals surface area (Å²) in [6, 6.07) is 0. The van der Waals surface area contributed by atoms with E-state index in [1.807, 2.05) is 13.8 Å². The number of allylic oxidation sites excluding steroid dienone is 1. The highest BCUT2D eigenvalue weighted by atomic mass is 19.1. The number of Topliss-reactive ketones (excluding diaryl/α,β-unsaturated/α-hetero) is 2. The first kappa shape index (κ1) is 19.9. The van der Waals surface area contributed by atoms with E-state index in [-0.39, 0.29) is 31.1 Å². The van der Waals surface area contributed by atoms with Gasteiger partial charge in [0.15, 0.2) is 5.78 Å². The van der Waals surface area contributed by atoms with Crippen LogP contribution in [0.5, 0.6) is 0 Å². The number of ketones is 3. The van der Waals surface area contributed by atoms with Crippen LogP contribution in [0.4, 0.5) is 4.39 Å². The summed E-state index contributed by atoms with van der Waals surface area (Å²) in [5, 5.41) is 20.6. The van der Waals surface area contributed by atoms with Gasteiger partial charge in [-0.3, -0.25) is 14.4 Å². The van der Waals surface area contributed by atoms with Crippen molar-refractivity contribution in [3.63, 3.8) is 0 Å². The van der Waals surface area contributed by atoms with Crippen molar-refractivity contribution in [1.82, 2.24) is 0 Å². The van der Waals surface area contributed by atoms with E-state index in [1.54, 1.807) is 6.92 Å². The smallest absolute Gasteiger partial charge is 0.221 e. The van der Waals surface area contributed by atoms with Crippen LogP contribution in [0, 0.1) is 28.6 Å². The highest BCUT2D eigenvalue weighted by molar-refractivity contribution is 6.42. The number of rotatable bonds is 2. The molecule has 5 nitrogen and oxygen atoms in total. The van der Waals surface area contributed by atoms with Crippen LogP contribution in [-0.2, 0) is 14.4 Å². The van der Waals surface area contributed by atoms with Crippen LogP contribution in [0.1, 0.15) is 59.3 Å². The Kier molecular flexibility index (Phi) is 4.13. The Morgan fingerprint density at radius 2 is 1.89 bits per heavy atom. The van der Waals surface area contributed by atoms with Crippen LogP contribution < -0.4 is 0 Å². The van der Waals surface area contributed by atoms with Gasteiger partial charge in [0.05, 0.1) is 0 Å². The first-order valence-electron chi connectivity index (χ1n) is 10.3. The standard InChI is InChI=1S/C22H29FO5/c1-12-8-15-13-4-5-22(28,18(27)11-24)19(13,2)6-7-21(15,23)20(3)10-17(26)16(25)9-14(12)20/h9,12-13,15,24,28H,4-8,10-11H2,1-3H3/t12?,13-,15-,19-,20-,21+,22-/m0/s1. The van der Waals surface area contributed by atoms with Crippen molar-refractivity contribution in [2.45, 2.75) is 70.6 Å². The summed E-state index contributed by atoms with van der Waals surface area (Å²) in [6.07, 6.45) is 2.97. The van der Waals surface area contributed by atoms with Crippen molar-refractivity contribution >= 4 is 17.3 Å². The molecule has 154 valence electrons. The minimum absolute atomic E-state index is 0.0412. The van der Waals surface area contributed by atoms with E-state index in [4.69, 9.17) is 0 Å². The predicted octanol–water partition coefficient (Wildman–Crippen LogP) is 2.33. The van der Waals surface area contributed by atoms with Crippen LogP contribution in [0.3, 0.4) is 0 Å². The molecule has 0 amide bonds. The van der Waals surface area contributed by atoms with Crippen LogP contribution >= 0.6 is 0 Å². The molecule has 3 saturated carbocycles. The third-order valence-corrected chi connectivity index (χ3v) is 9.04. The van der Waals surface area contributed by atoms with Gasteiger partial charge >= 0.3 is 0 Å². The summed E-state index contributed by atoms with van der Waals surface area (Å²) < 4.78 is 16.8. The average Bonchev–Trinajstić information content (AvgIpc) is 2.92. The first-order valence-corrected chi connectivity index (χ1v) is 10.3. The van der Waals surface area contributed by atoms with E-state index < -0.39 is 52.0 Å². The maximum absolute atomic E-state index is 16.8. The molecule has 3 fully saturated rings. The van der Waals surface area contributed by atoms with Crippen LogP contribution in [0.15, 0.2) is 11.6 Å². The number of aliphatic hydroxyl groups is 2. The molecule has 0 aliphatic heterocycles. The molecule has 2 N–H and O–H groups in total. The molecule has 1 unspecified atom stereocenters. The molecule has 4 rings (SSSR count). The number of aliphatic hydroxyl groups excluding tert-OH is 1. The Balaban J connectivity index is 1.80. The van der Waals surface area contributed by atoms with Crippen LogP contribution in [0.2, 0.25) is 0 Å². The average molecular weight is 392 g/mol. The maximum atomic E-state index is 16.8. The topological polar surface area (TPSA) is 91.7 Å². The van der Waals surface area contributed by atoms with E-state index in [1.165, 1.54) is 6.08 Å². The van der Waals surface area contributed by atoms with Gasteiger partial charge < -0.3 is 10.2 Å². The summed E-state index contributed by atoms with van der Waals surface area (Å²) in [5.74, 6) is -2.31. The Bertz CT molecular complexity index is 805. The molecule has 4 aliphatic carbocycles. The van der Waals surface area contributed by atoms with Gasteiger partial charge in [-0.25, -0.2) is 4.39 Å². The molecule has 28 heavy (non-hydrogen) atoms. The second-order valence-corrected chi connectivity index (χ2v) is 10.0. The van der Waals surface area contributed by atoms with Gasteiger partial charge in [0.1, 0.15) is 17.9 Å². The van der Waals surface area contributed by atoms with Crippen molar-refractivity contribution in [3.05, 3.63) is 11.6 Å². The van der Waals surface area contributed by atoms with Gasteiger partial charge in [0.25, 0.3) is 0 Å². The number of hydrogen-bond acceptors (Lipinski definition) is 5. The van der Waals surface area contributed by atoms with Gasteiger partial charge in [-0.05, 0) is 55.9 Å². The molecule has 0 heterocycles. The van der Waals surface area contributed by atoms with E-state index in [2.05, 4.69) is 0 Å². The summed E-state index contributed by atoms with van der Waals surface area (Å²) in [7, 11) is 0. The molecule has 0 saturated heterocycles. The van der Waals surface area contributed by atoms with Crippen molar-refractivity contribution in [2.75, 3.05) is 6.61 Å². The molecule has 7 atom stereocenters. The molecule has 0 aromatic rings. The lowest BCUT2D eigenvalue weighted by Crippen LogP contribution is -2.65. The Morgan fingerprint density at radius 3 is 2.54 bits per heavy atom. The fraction of sp³-hybridized carbons (Fsp3) is 0.773. The molecule has 4 aliphatic rings. The van der Waals surface area contributed by atoms with Crippen LogP contribution in [-0.4, -0.2) is 45.4 Å². The molecule has 0 spiro atoms. The van der Waals surface area contributed by atoms with Crippen molar-refractivity contribution in [3.8, 4) is 0 Å². The molecular formula is C22H29FO5. The summed E-state index contributed by atoms with van der Waals surface area (Å²) in [6.45, 7) is 4.88. The molecule has 0 radical (unpaired) electrons. The van der Waals surface area contributed by atoms with Crippen LogP contribution in [0.25, 0.3) is 0 Å². The Hall–Kier alpha value is -1.40. The minimum Gasteiger partial charge on any atom is -0.388 e. The van der Waals surface area contributed by atoms with E-state index in [0.717, 1.165) is 5.57 Å². The SMILES string of the molecule is CC1C[C@H]2[C@@H]3CC[C@](O)(C(=O)CO)[C@@]3(C)CC[C@]2(F)[C@@]2(C)CC(=O)C(=O)C=C12. The fourth-order valence-corrected chi connectivity index (χ4v) is 7.36. The molecular weight excluding hydrogens is 363 g/mol. The molecule has 0 aromatic carbocycles. The number of alkyl halides is 1. The third kappa shape index (κ3) is 2.11. The number of fused-ring (bicyclic) bond motifs is 5. The lowest BCUT2D eigenvalue weighted by molar-refractivity contribution is -0.188. The van der Waals surface area contributed by atoms with E-state index in [9.17, 15) is 24.6 Å². The first-order chi connectivity index (χ1) is 12.9. The maximum Gasteiger partial charge on any atom is 0.221 e. The minimum atomic E-state index is -1.65. The number of carbonyl (C=O) groups excluding carboxylic acids is 3. The lowest BCUT2D eigenvalue weighted by Gasteiger charge is -2.62. The number of halogens is 1. The van der Waals surface area contributed by atoms with E-state index in [0.29, 0.717) is 19.3 Å².